The van der Waals surface area contributed by atoms with Crippen LogP contribution in [-0.4, -0.2) is 28.6 Å². The van der Waals surface area contributed by atoms with E-state index in [9.17, 15) is 19.5 Å². The smallest absolute Gasteiger partial charge is 0.322 e. The molecule has 7 heteroatoms. The van der Waals surface area contributed by atoms with Crippen molar-refractivity contribution in [3.8, 4) is 16.2 Å². The first-order chi connectivity index (χ1) is 13.9. The molecule has 0 bridgehead atoms. The topological polar surface area (TPSA) is 104 Å². The fraction of sp³-hybridized carbons (Fsp3) is 0.0455. The third kappa shape index (κ3) is 3.55. The first-order valence-corrected chi connectivity index (χ1v) is 9.54. The monoisotopic (exact) mass is 405 g/mol. The van der Waals surface area contributed by atoms with Crippen molar-refractivity contribution in [3.05, 3.63) is 76.5 Å². The Balaban J connectivity index is 1.78. The van der Waals surface area contributed by atoms with Crippen molar-refractivity contribution in [2.45, 2.75) is 0 Å². The maximum Gasteiger partial charge on any atom is 0.322 e. The molecule has 144 valence electrons. The second-order valence-electron chi connectivity index (χ2n) is 6.46. The maximum atomic E-state index is 12.7. The van der Waals surface area contributed by atoms with Crippen molar-refractivity contribution in [3.63, 3.8) is 0 Å². The number of carbonyl (C=O) groups excluding carboxylic acids is 1. The largest absolute Gasteiger partial charge is 0.499 e. The van der Waals surface area contributed by atoms with Gasteiger partial charge in [0, 0.05) is 10.1 Å². The lowest BCUT2D eigenvalue weighted by Crippen LogP contribution is -2.32. The number of amides is 1. The van der Waals surface area contributed by atoms with Crippen LogP contribution in [0.25, 0.3) is 32.0 Å². The zero-order valence-electron chi connectivity index (χ0n) is 15.0. The van der Waals surface area contributed by atoms with Gasteiger partial charge in [-0.05, 0) is 40.1 Å². The van der Waals surface area contributed by atoms with Crippen LogP contribution in [0.2, 0.25) is 0 Å². The highest BCUT2D eigenvalue weighted by Crippen LogP contribution is 2.32. The van der Waals surface area contributed by atoms with E-state index < -0.39 is 34.5 Å². The third-order valence-electron chi connectivity index (χ3n) is 4.58. The number of fused-ring (bicyclic) bond motifs is 2. The first-order valence-electron chi connectivity index (χ1n) is 8.73. The van der Waals surface area contributed by atoms with E-state index in [0.717, 1.165) is 33.2 Å². The lowest BCUT2D eigenvalue weighted by molar-refractivity contribution is -0.135. The molecule has 6 nitrogen and oxygen atoms in total. The second kappa shape index (κ2) is 7.37. The number of carbonyl (C=O) groups is 2. The van der Waals surface area contributed by atoms with Crippen molar-refractivity contribution in [2.75, 3.05) is 6.54 Å². The highest BCUT2D eigenvalue weighted by atomic mass is 32.1. The van der Waals surface area contributed by atoms with Crippen molar-refractivity contribution in [2.24, 2.45) is 0 Å². The third-order valence-corrected chi connectivity index (χ3v) is 5.54. The molecule has 0 aliphatic rings. The van der Waals surface area contributed by atoms with Crippen LogP contribution in [0.15, 0.2) is 65.5 Å². The van der Waals surface area contributed by atoms with Gasteiger partial charge in [0.05, 0.1) is 0 Å². The van der Waals surface area contributed by atoms with Gasteiger partial charge in [0.25, 0.3) is 5.91 Å². The van der Waals surface area contributed by atoms with E-state index in [1.54, 1.807) is 18.2 Å². The highest BCUT2D eigenvalue weighted by Gasteiger charge is 2.20. The van der Waals surface area contributed by atoms with Crippen molar-refractivity contribution in [1.82, 2.24) is 5.32 Å². The summed E-state index contributed by atoms with van der Waals surface area (Å²) in [4.78, 5) is 35.4. The Morgan fingerprint density at radius 1 is 0.931 bits per heavy atom. The Hall–Kier alpha value is -3.71. The highest BCUT2D eigenvalue weighted by molar-refractivity contribution is 7.20. The Bertz CT molecular complexity index is 1340. The van der Waals surface area contributed by atoms with Crippen LogP contribution in [0.1, 0.15) is 10.4 Å². The number of nitrogens with one attached hydrogen (secondary N) is 1. The van der Waals surface area contributed by atoms with Gasteiger partial charge in [-0.3, -0.25) is 14.4 Å². The quantitative estimate of drug-likeness (QED) is 0.481. The average Bonchev–Trinajstić information content (AvgIpc) is 2.71. The SMILES string of the molecule is O=C(O)CNC(=O)c1c(O)sc2cc(-c3ccc4ccccc4c3)ccc2c1=O. The van der Waals surface area contributed by atoms with E-state index in [1.807, 2.05) is 42.5 Å². The van der Waals surface area contributed by atoms with Crippen LogP contribution in [0.5, 0.6) is 5.06 Å². The van der Waals surface area contributed by atoms with E-state index in [4.69, 9.17) is 5.11 Å². The number of hydrogen-bond acceptors (Lipinski definition) is 5. The molecule has 0 saturated heterocycles. The Morgan fingerprint density at radius 2 is 1.62 bits per heavy atom. The normalized spacial score (nSPS) is 10.9. The molecule has 0 aliphatic heterocycles. The van der Waals surface area contributed by atoms with Gasteiger partial charge in [-0.25, -0.2) is 0 Å². The number of rotatable bonds is 4. The lowest BCUT2D eigenvalue weighted by atomic mass is 10.0. The Labute approximate surface area is 168 Å². The summed E-state index contributed by atoms with van der Waals surface area (Å²) in [6, 6.07) is 19.2. The molecule has 3 N–H and O–H groups in total. The van der Waals surface area contributed by atoms with Crippen LogP contribution >= 0.6 is 11.3 Å². The number of aromatic hydroxyl groups is 1. The van der Waals surface area contributed by atoms with Gasteiger partial charge in [0.15, 0.2) is 5.06 Å². The molecule has 0 fully saturated rings. The van der Waals surface area contributed by atoms with E-state index in [-0.39, 0.29) is 5.39 Å². The fourth-order valence-corrected chi connectivity index (χ4v) is 4.13. The summed E-state index contributed by atoms with van der Waals surface area (Å²) in [6.45, 7) is -0.638. The molecule has 1 aromatic heterocycles. The molecule has 1 heterocycles. The van der Waals surface area contributed by atoms with Crippen molar-refractivity contribution < 1.29 is 19.8 Å². The summed E-state index contributed by atoms with van der Waals surface area (Å²) in [5.41, 5.74) is 0.765. The van der Waals surface area contributed by atoms with Crippen LogP contribution < -0.4 is 10.7 Å². The molecule has 3 aromatic carbocycles. The Morgan fingerprint density at radius 3 is 2.38 bits per heavy atom. The van der Waals surface area contributed by atoms with E-state index in [0.29, 0.717) is 4.70 Å². The molecule has 4 rings (SSSR count). The number of hydrogen-bond donors (Lipinski definition) is 3. The predicted octanol–water partition coefficient (Wildman–Crippen LogP) is 3.60. The van der Waals surface area contributed by atoms with Gasteiger partial charge < -0.3 is 15.5 Å². The zero-order chi connectivity index (χ0) is 20.5. The molecule has 29 heavy (non-hydrogen) atoms. The molecule has 1 amide bonds. The summed E-state index contributed by atoms with van der Waals surface area (Å²) in [5, 5.41) is 23.1. The van der Waals surface area contributed by atoms with Crippen molar-refractivity contribution >= 4 is 44.1 Å². The lowest BCUT2D eigenvalue weighted by Gasteiger charge is -2.08. The van der Waals surface area contributed by atoms with Crippen LogP contribution in [0.3, 0.4) is 0 Å². The average molecular weight is 405 g/mol. The van der Waals surface area contributed by atoms with Gasteiger partial charge >= 0.3 is 5.97 Å². The second-order valence-corrected chi connectivity index (χ2v) is 7.49. The summed E-state index contributed by atoms with van der Waals surface area (Å²) < 4.78 is 0.535. The van der Waals surface area contributed by atoms with Crippen LogP contribution in [0.4, 0.5) is 0 Å². The molecule has 0 spiro atoms. The molecular weight excluding hydrogens is 390 g/mol. The summed E-state index contributed by atoms with van der Waals surface area (Å²) in [5.74, 6) is -2.15. The molecule has 0 saturated carbocycles. The number of carboxylic acid groups (broad SMARTS) is 1. The summed E-state index contributed by atoms with van der Waals surface area (Å²) >= 11 is 0.905. The van der Waals surface area contributed by atoms with Gasteiger partial charge in [0.2, 0.25) is 5.43 Å². The molecule has 0 unspecified atom stereocenters. The van der Waals surface area contributed by atoms with Gasteiger partial charge in [-0.15, -0.1) is 0 Å². The van der Waals surface area contributed by atoms with E-state index >= 15 is 0 Å². The van der Waals surface area contributed by atoms with E-state index in [2.05, 4.69) is 5.32 Å². The predicted molar refractivity (Wildman–Crippen MR) is 113 cm³/mol. The van der Waals surface area contributed by atoms with Gasteiger partial charge in [0.1, 0.15) is 12.1 Å². The maximum absolute atomic E-state index is 12.7. The van der Waals surface area contributed by atoms with E-state index in [1.165, 1.54) is 0 Å². The van der Waals surface area contributed by atoms with Crippen LogP contribution in [0, 0.1) is 0 Å². The summed E-state index contributed by atoms with van der Waals surface area (Å²) in [6.07, 6.45) is 0. The number of benzene rings is 3. The minimum absolute atomic E-state index is 0.290. The molecule has 0 aliphatic carbocycles. The number of carboxylic acids is 1. The first kappa shape index (κ1) is 18.6. The minimum Gasteiger partial charge on any atom is -0.499 e. The fourth-order valence-electron chi connectivity index (χ4n) is 3.17. The minimum atomic E-state index is -1.24. The molecule has 0 atom stereocenters. The van der Waals surface area contributed by atoms with Crippen molar-refractivity contribution in [1.29, 1.82) is 0 Å². The molecular formula is C22H15NO5S. The van der Waals surface area contributed by atoms with Gasteiger partial charge in [-0.2, -0.15) is 0 Å². The van der Waals surface area contributed by atoms with Gasteiger partial charge in [-0.1, -0.05) is 53.8 Å². The molecule has 0 radical (unpaired) electrons. The van der Waals surface area contributed by atoms with Crippen LogP contribution in [-0.2, 0) is 4.79 Å². The zero-order valence-corrected chi connectivity index (χ0v) is 15.8. The standard InChI is InChI=1S/C22H15NO5S/c24-18(25)11-23-21(27)19-20(26)16-8-7-15(10-17(16)29-22(19)28)14-6-5-12-3-1-2-4-13(12)9-14/h1-10,28H,11H2,(H,23,27)(H,24,25). The summed E-state index contributed by atoms with van der Waals surface area (Å²) in [7, 11) is 0. The Kier molecular flexibility index (Phi) is 4.74. The number of aliphatic carboxylic acids is 1. The molecule has 4 aromatic rings.